The van der Waals surface area contributed by atoms with Crippen molar-refractivity contribution in [3.63, 3.8) is 0 Å². The minimum Gasteiger partial charge on any atom is -0.496 e. The SMILES string of the molecule is CC[C@H](C(=O)N(Cc1ccccc1F)C[C@H]1CC(c2ccccc2OC)=NO1)c1ccccc1. The summed E-state index contributed by atoms with van der Waals surface area (Å²) in [6.07, 6.45) is 0.846. The number of ether oxygens (including phenoxy) is 1. The van der Waals surface area contributed by atoms with Gasteiger partial charge in [-0.05, 0) is 30.2 Å². The Morgan fingerprint density at radius 1 is 1.09 bits per heavy atom. The van der Waals surface area contributed by atoms with Crippen molar-refractivity contribution in [2.24, 2.45) is 5.16 Å². The van der Waals surface area contributed by atoms with Gasteiger partial charge in [0.25, 0.3) is 0 Å². The maximum absolute atomic E-state index is 14.5. The zero-order valence-electron chi connectivity index (χ0n) is 19.5. The zero-order chi connectivity index (χ0) is 23.9. The first-order chi connectivity index (χ1) is 16.6. The molecule has 5 nitrogen and oxygen atoms in total. The van der Waals surface area contributed by atoms with Crippen molar-refractivity contribution in [3.8, 4) is 5.75 Å². The third-order valence-corrected chi connectivity index (χ3v) is 6.11. The molecule has 4 rings (SSSR count). The Morgan fingerprint density at radius 3 is 2.53 bits per heavy atom. The predicted octanol–water partition coefficient (Wildman–Crippen LogP) is 5.55. The number of methoxy groups -OCH3 is 1. The van der Waals surface area contributed by atoms with Gasteiger partial charge in [-0.15, -0.1) is 0 Å². The van der Waals surface area contributed by atoms with Crippen LogP contribution in [0.5, 0.6) is 5.75 Å². The molecule has 176 valence electrons. The van der Waals surface area contributed by atoms with Crippen LogP contribution in [0.3, 0.4) is 0 Å². The molecule has 0 aliphatic carbocycles. The van der Waals surface area contributed by atoms with Crippen LogP contribution in [-0.4, -0.2) is 36.3 Å². The molecule has 3 aromatic carbocycles. The molecule has 1 aliphatic heterocycles. The Morgan fingerprint density at radius 2 is 1.79 bits per heavy atom. The number of carbonyl (C=O) groups excluding carboxylic acids is 1. The number of benzene rings is 3. The number of carbonyl (C=O) groups is 1. The van der Waals surface area contributed by atoms with Gasteiger partial charge in [0.2, 0.25) is 5.91 Å². The summed E-state index contributed by atoms with van der Waals surface area (Å²) < 4.78 is 20.0. The van der Waals surface area contributed by atoms with Gasteiger partial charge in [0, 0.05) is 24.1 Å². The Kier molecular flexibility index (Phi) is 7.58. The van der Waals surface area contributed by atoms with Crippen LogP contribution < -0.4 is 4.74 Å². The normalized spacial score (nSPS) is 15.9. The average Bonchev–Trinajstić information content (AvgIpc) is 3.34. The lowest BCUT2D eigenvalue weighted by Gasteiger charge is -2.29. The van der Waals surface area contributed by atoms with E-state index in [1.54, 1.807) is 30.2 Å². The smallest absolute Gasteiger partial charge is 0.230 e. The van der Waals surface area contributed by atoms with Crippen molar-refractivity contribution in [3.05, 3.63) is 101 Å². The predicted molar refractivity (Wildman–Crippen MR) is 130 cm³/mol. The molecule has 1 amide bonds. The van der Waals surface area contributed by atoms with E-state index in [-0.39, 0.29) is 30.3 Å². The lowest BCUT2D eigenvalue weighted by Crippen LogP contribution is -2.40. The fourth-order valence-electron chi connectivity index (χ4n) is 4.34. The Hall–Kier alpha value is -3.67. The number of hydrogen-bond acceptors (Lipinski definition) is 4. The topological polar surface area (TPSA) is 51.1 Å². The first-order valence-corrected chi connectivity index (χ1v) is 11.5. The van der Waals surface area contributed by atoms with Crippen LogP contribution in [0.15, 0.2) is 84.0 Å². The van der Waals surface area contributed by atoms with E-state index in [2.05, 4.69) is 5.16 Å². The van der Waals surface area contributed by atoms with Crippen LogP contribution in [0, 0.1) is 5.82 Å². The van der Waals surface area contributed by atoms with Gasteiger partial charge >= 0.3 is 0 Å². The monoisotopic (exact) mass is 460 g/mol. The number of amides is 1. The van der Waals surface area contributed by atoms with Crippen LogP contribution in [0.2, 0.25) is 0 Å². The van der Waals surface area contributed by atoms with E-state index in [1.807, 2.05) is 61.5 Å². The fraction of sp³-hybridized carbons (Fsp3) is 0.286. The summed E-state index contributed by atoms with van der Waals surface area (Å²) in [6, 6.07) is 23.9. The molecular formula is C28H29FN2O3. The largest absolute Gasteiger partial charge is 0.496 e. The minimum absolute atomic E-state index is 0.0497. The van der Waals surface area contributed by atoms with Crippen molar-refractivity contribution >= 4 is 11.6 Å². The molecule has 0 aromatic heterocycles. The molecule has 0 saturated carbocycles. The van der Waals surface area contributed by atoms with Crippen molar-refractivity contribution in [1.82, 2.24) is 4.90 Å². The van der Waals surface area contributed by atoms with Crippen molar-refractivity contribution in [1.29, 1.82) is 0 Å². The Bertz CT molecular complexity index is 1150. The molecular weight excluding hydrogens is 431 g/mol. The molecule has 1 heterocycles. The highest BCUT2D eigenvalue weighted by Gasteiger charge is 2.31. The summed E-state index contributed by atoms with van der Waals surface area (Å²) in [5.74, 6) is 0.0292. The number of hydrogen-bond donors (Lipinski definition) is 0. The molecule has 2 atom stereocenters. The van der Waals surface area contributed by atoms with Gasteiger partial charge in [-0.25, -0.2) is 4.39 Å². The number of oxime groups is 1. The van der Waals surface area contributed by atoms with E-state index in [1.165, 1.54) is 6.07 Å². The number of rotatable bonds is 9. The molecule has 0 bridgehead atoms. The van der Waals surface area contributed by atoms with Crippen molar-refractivity contribution in [2.45, 2.75) is 38.3 Å². The molecule has 0 spiro atoms. The molecule has 1 aliphatic rings. The van der Waals surface area contributed by atoms with Gasteiger partial charge in [0.1, 0.15) is 11.6 Å². The van der Waals surface area contributed by atoms with E-state index >= 15 is 0 Å². The maximum atomic E-state index is 14.5. The fourth-order valence-corrected chi connectivity index (χ4v) is 4.34. The summed E-state index contributed by atoms with van der Waals surface area (Å²) in [5, 5.41) is 4.28. The quantitative estimate of drug-likeness (QED) is 0.421. The van der Waals surface area contributed by atoms with Crippen LogP contribution in [0.4, 0.5) is 4.39 Å². The lowest BCUT2D eigenvalue weighted by molar-refractivity contribution is -0.135. The summed E-state index contributed by atoms with van der Waals surface area (Å²) >= 11 is 0. The van der Waals surface area contributed by atoms with E-state index in [4.69, 9.17) is 9.57 Å². The number of nitrogens with zero attached hydrogens (tertiary/aromatic N) is 2. The zero-order valence-corrected chi connectivity index (χ0v) is 19.5. The van der Waals surface area contributed by atoms with E-state index < -0.39 is 0 Å². The van der Waals surface area contributed by atoms with Crippen molar-refractivity contribution < 1.29 is 18.8 Å². The third-order valence-electron chi connectivity index (χ3n) is 6.11. The van der Waals surface area contributed by atoms with Gasteiger partial charge in [-0.1, -0.05) is 72.7 Å². The molecule has 6 heteroatoms. The number of halogens is 1. The first kappa shape index (κ1) is 23.5. The minimum atomic E-state index is -0.330. The third kappa shape index (κ3) is 5.28. The van der Waals surface area contributed by atoms with Crippen LogP contribution in [0.25, 0.3) is 0 Å². The molecule has 0 N–H and O–H groups in total. The summed E-state index contributed by atoms with van der Waals surface area (Å²) in [5.41, 5.74) is 3.07. The highest BCUT2D eigenvalue weighted by Crippen LogP contribution is 2.28. The van der Waals surface area contributed by atoms with Crippen LogP contribution in [0.1, 0.15) is 42.4 Å². The van der Waals surface area contributed by atoms with Gasteiger partial charge in [-0.2, -0.15) is 0 Å². The second-order valence-corrected chi connectivity index (χ2v) is 8.35. The van der Waals surface area contributed by atoms with Crippen molar-refractivity contribution in [2.75, 3.05) is 13.7 Å². The average molecular weight is 461 g/mol. The molecule has 3 aromatic rings. The maximum Gasteiger partial charge on any atom is 0.230 e. The van der Waals surface area contributed by atoms with Gasteiger partial charge in [0.05, 0.1) is 25.3 Å². The molecule has 0 radical (unpaired) electrons. The summed E-state index contributed by atoms with van der Waals surface area (Å²) in [4.78, 5) is 21.2. The summed E-state index contributed by atoms with van der Waals surface area (Å²) in [7, 11) is 1.62. The van der Waals surface area contributed by atoms with E-state index in [0.717, 1.165) is 22.6 Å². The molecule has 0 fully saturated rings. The highest BCUT2D eigenvalue weighted by molar-refractivity contribution is 6.03. The number of para-hydroxylation sites is 1. The highest BCUT2D eigenvalue weighted by atomic mass is 19.1. The van der Waals surface area contributed by atoms with E-state index in [0.29, 0.717) is 24.9 Å². The van der Waals surface area contributed by atoms with Crippen LogP contribution in [-0.2, 0) is 16.2 Å². The standard InChI is InChI=1S/C28H29FN2O3/c1-3-23(20-11-5-4-6-12-20)28(32)31(18-21-13-7-9-15-25(21)29)19-22-17-26(30-34-22)24-14-8-10-16-27(24)33-2/h4-16,22-23H,3,17-19H2,1-2H3/t22-,23+/m1/s1. The van der Waals surface area contributed by atoms with Crippen LogP contribution >= 0.6 is 0 Å². The molecule has 0 unspecified atom stereocenters. The molecule has 34 heavy (non-hydrogen) atoms. The second kappa shape index (κ2) is 11.0. The molecule has 0 saturated heterocycles. The second-order valence-electron chi connectivity index (χ2n) is 8.35. The van der Waals surface area contributed by atoms with E-state index in [9.17, 15) is 9.18 Å². The Labute approximate surface area is 199 Å². The summed E-state index contributed by atoms with van der Waals surface area (Å²) in [6.45, 7) is 2.46. The van der Waals surface area contributed by atoms with Gasteiger partial charge < -0.3 is 14.5 Å². The lowest BCUT2D eigenvalue weighted by atomic mass is 9.94. The van der Waals surface area contributed by atoms with Gasteiger partial charge in [-0.3, -0.25) is 4.79 Å². The van der Waals surface area contributed by atoms with Gasteiger partial charge in [0.15, 0.2) is 6.10 Å². The first-order valence-electron chi connectivity index (χ1n) is 11.5. The Balaban J connectivity index is 1.55.